The van der Waals surface area contributed by atoms with Gasteiger partial charge in [-0.25, -0.2) is 4.79 Å². The summed E-state index contributed by atoms with van der Waals surface area (Å²) >= 11 is 0. The van der Waals surface area contributed by atoms with Crippen molar-refractivity contribution in [1.29, 1.82) is 0 Å². The van der Waals surface area contributed by atoms with Crippen LogP contribution < -0.4 is 0 Å². The number of cyclic esters (lactones) is 1. The molecule has 4 saturated carbocycles. The molecule has 6 heteroatoms. The number of ether oxygens (including phenoxy) is 2. The summed E-state index contributed by atoms with van der Waals surface area (Å²) in [5.74, 6) is 0.162. The Labute approximate surface area is 184 Å². The van der Waals surface area contributed by atoms with E-state index in [1.165, 1.54) is 6.92 Å². The topological polar surface area (TPSA) is 93.1 Å². The number of aliphatic hydroxyl groups excluding tert-OH is 1. The summed E-state index contributed by atoms with van der Waals surface area (Å²) in [5.41, 5.74) is -0.420. The van der Waals surface area contributed by atoms with Gasteiger partial charge in [0.1, 0.15) is 12.7 Å². The standard InChI is InChI=1S/C25H36O6/c1-14(26)31-20-12-25(29)19-5-4-16-11-17(27)6-8-23(16,2)18(19)7-9-24(25,3)22(20)15-10-21(28)30-13-15/h10,16-20,22,27,29H,4-9,11-13H2,1-3H3/t16-,17+,18+,19-,20+,22+,23+,24-,25-/m1/s1. The van der Waals surface area contributed by atoms with E-state index >= 15 is 0 Å². The SMILES string of the molecule is CC(=O)O[C@H]1C[C@@]2(O)[C@@H]3CC[C@@H]4C[C@@H](O)CC[C@]4(C)[C@H]3CC[C@]2(C)[C@H]1C1=CC(=O)OC1. The molecular weight excluding hydrogens is 396 g/mol. The lowest BCUT2D eigenvalue weighted by molar-refractivity contribution is -0.208. The Kier molecular flexibility index (Phi) is 4.88. The van der Waals surface area contributed by atoms with Gasteiger partial charge in [0, 0.05) is 30.8 Å². The first kappa shape index (κ1) is 21.4. The maximum atomic E-state index is 12.4. The molecule has 1 heterocycles. The van der Waals surface area contributed by atoms with Crippen LogP contribution in [0.15, 0.2) is 11.6 Å². The van der Waals surface area contributed by atoms with Crippen molar-refractivity contribution >= 4 is 11.9 Å². The number of hydrogen-bond acceptors (Lipinski definition) is 6. The van der Waals surface area contributed by atoms with Crippen LogP contribution in [0.1, 0.15) is 72.1 Å². The van der Waals surface area contributed by atoms with Crippen molar-refractivity contribution in [2.24, 2.45) is 34.5 Å². The maximum absolute atomic E-state index is 12.4. The van der Waals surface area contributed by atoms with Crippen LogP contribution in [-0.4, -0.2) is 46.6 Å². The fraction of sp³-hybridized carbons (Fsp3) is 0.840. The summed E-state index contributed by atoms with van der Waals surface area (Å²) < 4.78 is 11.0. The summed E-state index contributed by atoms with van der Waals surface area (Å²) in [6, 6.07) is 0. The second-order valence-electron chi connectivity index (χ2n) is 11.5. The molecule has 6 nitrogen and oxygen atoms in total. The first-order chi connectivity index (χ1) is 14.6. The molecule has 0 aromatic heterocycles. The van der Waals surface area contributed by atoms with Gasteiger partial charge in [0.25, 0.3) is 0 Å². The van der Waals surface area contributed by atoms with Gasteiger partial charge in [-0.05, 0) is 73.7 Å². The van der Waals surface area contributed by atoms with Gasteiger partial charge in [0.15, 0.2) is 0 Å². The highest BCUT2D eigenvalue weighted by molar-refractivity contribution is 5.85. The van der Waals surface area contributed by atoms with Gasteiger partial charge in [0.05, 0.1) is 11.7 Å². The molecule has 0 saturated heterocycles. The molecule has 172 valence electrons. The summed E-state index contributed by atoms with van der Waals surface area (Å²) in [4.78, 5) is 23.8. The number of carbonyl (C=O) groups excluding carboxylic acids is 2. The van der Waals surface area contributed by atoms with Gasteiger partial charge in [-0.3, -0.25) is 4.79 Å². The number of carbonyl (C=O) groups is 2. The molecule has 1 aliphatic heterocycles. The van der Waals surface area contributed by atoms with Crippen LogP contribution >= 0.6 is 0 Å². The Morgan fingerprint density at radius 1 is 1.16 bits per heavy atom. The minimum Gasteiger partial charge on any atom is -0.462 e. The summed E-state index contributed by atoms with van der Waals surface area (Å²) in [5, 5.41) is 22.7. The third-order valence-electron chi connectivity index (χ3n) is 10.2. The Morgan fingerprint density at radius 2 is 1.94 bits per heavy atom. The highest BCUT2D eigenvalue weighted by Crippen LogP contribution is 2.70. The molecule has 4 aliphatic carbocycles. The van der Waals surface area contributed by atoms with Crippen molar-refractivity contribution in [3.8, 4) is 0 Å². The van der Waals surface area contributed by atoms with Crippen LogP contribution in [0.25, 0.3) is 0 Å². The maximum Gasteiger partial charge on any atom is 0.331 e. The van der Waals surface area contributed by atoms with Crippen molar-refractivity contribution in [2.45, 2.75) is 89.9 Å². The number of hydrogen-bond donors (Lipinski definition) is 2. The molecule has 0 bridgehead atoms. The lowest BCUT2D eigenvalue weighted by Gasteiger charge is -2.63. The van der Waals surface area contributed by atoms with Gasteiger partial charge in [0.2, 0.25) is 0 Å². The highest BCUT2D eigenvalue weighted by atomic mass is 16.5. The molecule has 0 spiro atoms. The lowest BCUT2D eigenvalue weighted by Crippen LogP contribution is -2.62. The average molecular weight is 433 g/mol. The predicted octanol–water partition coefficient (Wildman–Crippen LogP) is 3.15. The van der Waals surface area contributed by atoms with Gasteiger partial charge in [-0.2, -0.15) is 0 Å². The van der Waals surface area contributed by atoms with Gasteiger partial charge >= 0.3 is 11.9 Å². The van der Waals surface area contributed by atoms with Crippen LogP contribution in [0.5, 0.6) is 0 Å². The van der Waals surface area contributed by atoms with E-state index in [4.69, 9.17) is 9.47 Å². The zero-order valence-corrected chi connectivity index (χ0v) is 18.9. The van der Waals surface area contributed by atoms with Crippen LogP contribution in [0.4, 0.5) is 0 Å². The molecule has 0 aromatic carbocycles. The second kappa shape index (κ2) is 7.05. The number of aliphatic hydroxyl groups is 2. The molecule has 2 N–H and O–H groups in total. The third-order valence-corrected chi connectivity index (χ3v) is 10.2. The van der Waals surface area contributed by atoms with E-state index in [-0.39, 0.29) is 41.9 Å². The normalized spacial score (nSPS) is 51.3. The Morgan fingerprint density at radius 3 is 2.61 bits per heavy atom. The van der Waals surface area contributed by atoms with Crippen molar-refractivity contribution in [2.75, 3.05) is 6.61 Å². The predicted molar refractivity (Wildman–Crippen MR) is 113 cm³/mol. The molecule has 4 fully saturated rings. The van der Waals surface area contributed by atoms with E-state index < -0.39 is 17.1 Å². The minimum atomic E-state index is -0.947. The zero-order chi connectivity index (χ0) is 22.2. The fourth-order valence-corrected chi connectivity index (χ4v) is 8.76. The zero-order valence-electron chi connectivity index (χ0n) is 18.9. The van der Waals surface area contributed by atoms with Crippen LogP contribution in [0.3, 0.4) is 0 Å². The third kappa shape index (κ3) is 2.97. The van der Waals surface area contributed by atoms with Crippen molar-refractivity contribution in [3.63, 3.8) is 0 Å². The first-order valence-corrected chi connectivity index (χ1v) is 12.0. The quantitative estimate of drug-likeness (QED) is 0.651. The first-order valence-electron chi connectivity index (χ1n) is 12.0. The van der Waals surface area contributed by atoms with Crippen LogP contribution in [-0.2, 0) is 19.1 Å². The fourth-order valence-electron chi connectivity index (χ4n) is 8.76. The van der Waals surface area contributed by atoms with E-state index in [9.17, 15) is 19.8 Å². The van der Waals surface area contributed by atoms with Crippen LogP contribution in [0.2, 0.25) is 0 Å². The van der Waals surface area contributed by atoms with E-state index in [1.807, 2.05) is 0 Å². The molecule has 0 aromatic rings. The molecule has 5 aliphatic rings. The molecule has 0 amide bonds. The Balaban J connectivity index is 1.52. The Hall–Kier alpha value is -1.40. The van der Waals surface area contributed by atoms with Crippen molar-refractivity contribution < 1.29 is 29.3 Å². The molecule has 31 heavy (non-hydrogen) atoms. The molecule has 0 radical (unpaired) electrons. The van der Waals surface area contributed by atoms with Gasteiger partial charge in [-0.15, -0.1) is 0 Å². The Bertz CT molecular complexity index is 821. The van der Waals surface area contributed by atoms with Crippen LogP contribution in [0, 0.1) is 34.5 Å². The van der Waals surface area contributed by atoms with Crippen molar-refractivity contribution in [3.05, 3.63) is 11.6 Å². The van der Waals surface area contributed by atoms with E-state index in [1.54, 1.807) is 6.08 Å². The molecular formula is C25H36O6. The number of fused-ring (bicyclic) bond motifs is 5. The number of esters is 2. The van der Waals surface area contributed by atoms with E-state index in [2.05, 4.69) is 13.8 Å². The summed E-state index contributed by atoms with van der Waals surface area (Å²) in [7, 11) is 0. The second-order valence-corrected chi connectivity index (χ2v) is 11.5. The smallest absolute Gasteiger partial charge is 0.331 e. The van der Waals surface area contributed by atoms with Gasteiger partial charge < -0.3 is 19.7 Å². The molecule has 0 unspecified atom stereocenters. The van der Waals surface area contributed by atoms with Gasteiger partial charge in [-0.1, -0.05) is 13.8 Å². The van der Waals surface area contributed by atoms with E-state index in [0.717, 1.165) is 50.5 Å². The summed E-state index contributed by atoms with van der Waals surface area (Å²) in [6.07, 6.45) is 7.90. The molecule has 9 atom stereocenters. The van der Waals surface area contributed by atoms with E-state index in [0.29, 0.717) is 18.3 Å². The monoisotopic (exact) mass is 432 g/mol. The lowest BCUT2D eigenvalue weighted by atomic mass is 9.43. The number of rotatable bonds is 2. The van der Waals surface area contributed by atoms with Crippen molar-refractivity contribution in [1.82, 2.24) is 0 Å². The largest absolute Gasteiger partial charge is 0.462 e. The average Bonchev–Trinajstić information content (AvgIpc) is 3.19. The molecule has 5 rings (SSSR count). The summed E-state index contributed by atoms with van der Waals surface area (Å²) in [6.45, 7) is 6.16. The minimum absolute atomic E-state index is 0.139. The highest BCUT2D eigenvalue weighted by Gasteiger charge is 2.70.